The average Bonchev–Trinajstić information content (AvgIpc) is 3.08. The zero-order chi connectivity index (χ0) is 17.8. The Morgan fingerprint density at radius 1 is 1.04 bits per heavy atom. The number of nitrogens with one attached hydrogen (secondary N) is 1. The number of likely N-dealkylation sites (tertiary alicyclic amines) is 1. The van der Waals surface area contributed by atoms with Crippen LogP contribution in [-0.2, 0) is 9.59 Å². The molecule has 1 aliphatic rings. The van der Waals surface area contributed by atoms with Crippen molar-refractivity contribution in [3.05, 3.63) is 71.8 Å². The number of hydrogen-bond acceptors (Lipinski definition) is 2. The Morgan fingerprint density at radius 2 is 1.64 bits per heavy atom. The van der Waals surface area contributed by atoms with Crippen molar-refractivity contribution in [1.82, 2.24) is 10.2 Å². The molecular weight excluding hydrogens is 312 g/mol. The number of rotatable bonds is 4. The Balaban J connectivity index is 1.82. The quantitative estimate of drug-likeness (QED) is 0.931. The second-order valence-electron chi connectivity index (χ2n) is 6.60. The fraction of sp³-hybridized carbons (Fsp3) is 0.333. The third-order valence-electron chi connectivity index (χ3n) is 4.96. The summed E-state index contributed by atoms with van der Waals surface area (Å²) < 4.78 is 0. The van der Waals surface area contributed by atoms with Crippen LogP contribution in [0.3, 0.4) is 0 Å². The van der Waals surface area contributed by atoms with E-state index in [9.17, 15) is 9.59 Å². The summed E-state index contributed by atoms with van der Waals surface area (Å²) in [5, 5.41) is 3.09. The van der Waals surface area contributed by atoms with E-state index in [0.717, 1.165) is 17.5 Å². The minimum absolute atomic E-state index is 0.0353. The lowest BCUT2D eigenvalue weighted by Crippen LogP contribution is -2.47. The van der Waals surface area contributed by atoms with Gasteiger partial charge in [-0.15, -0.1) is 0 Å². The molecule has 4 nitrogen and oxygen atoms in total. The Bertz CT molecular complexity index is 730. The molecule has 2 amide bonds. The minimum atomic E-state index is -0.453. The largest absolute Gasteiger partial charge is 0.348 e. The summed E-state index contributed by atoms with van der Waals surface area (Å²) in [7, 11) is 0. The van der Waals surface area contributed by atoms with Crippen molar-refractivity contribution < 1.29 is 9.59 Å². The topological polar surface area (TPSA) is 49.4 Å². The fourth-order valence-electron chi connectivity index (χ4n) is 3.64. The lowest BCUT2D eigenvalue weighted by atomic mass is 9.91. The standard InChI is InChI=1S/C21H24N2O2/c1-15(17-9-5-3-6-10-17)22-21(25)20-19(13-14-23(20)16(2)24)18-11-7-4-8-12-18/h3-12,15,19-20H,13-14H2,1-2H3,(H,22,25)/t15-,19-,20+/m0/s1. The zero-order valence-corrected chi connectivity index (χ0v) is 14.7. The SMILES string of the molecule is CC(=O)N1CC[C@@H](c2ccccc2)[C@@H]1C(=O)N[C@@H](C)c1ccccc1. The third kappa shape index (κ3) is 3.73. The van der Waals surface area contributed by atoms with E-state index in [1.807, 2.05) is 67.6 Å². The van der Waals surface area contributed by atoms with Gasteiger partial charge in [0, 0.05) is 19.4 Å². The molecule has 0 aromatic heterocycles. The lowest BCUT2D eigenvalue weighted by molar-refractivity contribution is -0.137. The first-order valence-corrected chi connectivity index (χ1v) is 8.75. The van der Waals surface area contributed by atoms with Crippen molar-refractivity contribution in [2.75, 3.05) is 6.54 Å². The highest BCUT2D eigenvalue weighted by Gasteiger charge is 2.41. The number of carbonyl (C=O) groups excluding carboxylic acids is 2. The molecule has 0 saturated carbocycles. The summed E-state index contributed by atoms with van der Waals surface area (Å²) in [6.07, 6.45) is 0.807. The van der Waals surface area contributed by atoms with Crippen LogP contribution in [0, 0.1) is 0 Å². The molecule has 1 N–H and O–H groups in total. The summed E-state index contributed by atoms with van der Waals surface area (Å²) >= 11 is 0. The average molecular weight is 336 g/mol. The van der Waals surface area contributed by atoms with Gasteiger partial charge in [0.2, 0.25) is 11.8 Å². The van der Waals surface area contributed by atoms with Crippen LogP contribution >= 0.6 is 0 Å². The van der Waals surface area contributed by atoms with Gasteiger partial charge in [-0.05, 0) is 24.5 Å². The molecular formula is C21H24N2O2. The van der Waals surface area contributed by atoms with Crippen LogP contribution in [0.1, 0.15) is 43.4 Å². The first-order valence-electron chi connectivity index (χ1n) is 8.75. The monoisotopic (exact) mass is 336 g/mol. The minimum Gasteiger partial charge on any atom is -0.348 e. The molecule has 1 saturated heterocycles. The maximum Gasteiger partial charge on any atom is 0.243 e. The number of amides is 2. The van der Waals surface area contributed by atoms with E-state index >= 15 is 0 Å². The van der Waals surface area contributed by atoms with E-state index < -0.39 is 6.04 Å². The molecule has 0 spiro atoms. The summed E-state index contributed by atoms with van der Waals surface area (Å²) in [5.74, 6) is -0.100. The molecule has 3 atom stereocenters. The molecule has 0 aliphatic carbocycles. The lowest BCUT2D eigenvalue weighted by Gasteiger charge is -2.28. The van der Waals surface area contributed by atoms with E-state index in [2.05, 4.69) is 5.32 Å². The Kier molecular flexibility index (Phi) is 5.17. The van der Waals surface area contributed by atoms with Crippen LogP contribution in [0.4, 0.5) is 0 Å². The first-order chi connectivity index (χ1) is 12.1. The fourth-order valence-corrected chi connectivity index (χ4v) is 3.64. The molecule has 1 fully saturated rings. The summed E-state index contributed by atoms with van der Waals surface area (Å²) in [5.41, 5.74) is 2.17. The molecule has 0 bridgehead atoms. The highest BCUT2D eigenvalue weighted by molar-refractivity contribution is 5.88. The van der Waals surface area contributed by atoms with Crippen molar-refractivity contribution >= 4 is 11.8 Å². The van der Waals surface area contributed by atoms with Crippen molar-refractivity contribution in [2.45, 2.75) is 38.3 Å². The zero-order valence-electron chi connectivity index (χ0n) is 14.7. The predicted octanol–water partition coefficient (Wildman–Crippen LogP) is 3.27. The van der Waals surface area contributed by atoms with Crippen molar-refractivity contribution in [3.63, 3.8) is 0 Å². The number of benzene rings is 2. The molecule has 1 heterocycles. The van der Waals surface area contributed by atoms with Crippen molar-refractivity contribution in [3.8, 4) is 0 Å². The van der Waals surface area contributed by atoms with E-state index in [1.165, 1.54) is 6.92 Å². The molecule has 0 unspecified atom stereocenters. The Morgan fingerprint density at radius 3 is 2.24 bits per heavy atom. The van der Waals surface area contributed by atoms with Crippen molar-refractivity contribution in [2.24, 2.45) is 0 Å². The normalized spacial score (nSPS) is 21.0. The van der Waals surface area contributed by atoms with Gasteiger partial charge in [-0.2, -0.15) is 0 Å². The summed E-state index contributed by atoms with van der Waals surface area (Å²) in [6, 6.07) is 19.3. The van der Waals surface area contributed by atoms with Crippen LogP contribution in [0.2, 0.25) is 0 Å². The molecule has 130 valence electrons. The van der Waals surface area contributed by atoms with Crippen LogP contribution in [0.15, 0.2) is 60.7 Å². The molecule has 0 radical (unpaired) electrons. The number of hydrogen-bond donors (Lipinski definition) is 1. The maximum absolute atomic E-state index is 13.0. The van der Waals surface area contributed by atoms with Gasteiger partial charge in [-0.1, -0.05) is 60.7 Å². The highest BCUT2D eigenvalue weighted by atomic mass is 16.2. The van der Waals surface area contributed by atoms with Gasteiger partial charge >= 0.3 is 0 Å². The Hall–Kier alpha value is -2.62. The first kappa shape index (κ1) is 17.2. The van der Waals surface area contributed by atoms with Gasteiger partial charge in [-0.3, -0.25) is 9.59 Å². The molecule has 1 aliphatic heterocycles. The van der Waals surface area contributed by atoms with Crippen molar-refractivity contribution in [1.29, 1.82) is 0 Å². The summed E-state index contributed by atoms with van der Waals surface area (Å²) in [6.45, 7) is 4.12. The van der Waals surface area contributed by atoms with Crippen LogP contribution in [0.25, 0.3) is 0 Å². The van der Waals surface area contributed by atoms with Crippen LogP contribution in [-0.4, -0.2) is 29.3 Å². The van der Waals surface area contributed by atoms with Gasteiger partial charge in [0.1, 0.15) is 6.04 Å². The van der Waals surface area contributed by atoms with Crippen LogP contribution in [0.5, 0.6) is 0 Å². The van der Waals surface area contributed by atoms with Gasteiger partial charge in [0.15, 0.2) is 0 Å². The molecule has 25 heavy (non-hydrogen) atoms. The van der Waals surface area contributed by atoms with E-state index in [1.54, 1.807) is 4.90 Å². The number of nitrogens with zero attached hydrogens (tertiary/aromatic N) is 1. The van der Waals surface area contributed by atoms with Gasteiger partial charge in [-0.25, -0.2) is 0 Å². The van der Waals surface area contributed by atoms with E-state index in [0.29, 0.717) is 6.54 Å². The smallest absolute Gasteiger partial charge is 0.243 e. The van der Waals surface area contributed by atoms with Gasteiger partial charge < -0.3 is 10.2 Å². The Labute approximate surface area is 148 Å². The van der Waals surface area contributed by atoms with E-state index in [-0.39, 0.29) is 23.8 Å². The molecule has 2 aromatic rings. The predicted molar refractivity (Wildman–Crippen MR) is 98.0 cm³/mol. The summed E-state index contributed by atoms with van der Waals surface area (Å²) in [4.78, 5) is 26.8. The van der Waals surface area contributed by atoms with Crippen LogP contribution < -0.4 is 5.32 Å². The molecule has 2 aromatic carbocycles. The molecule has 3 rings (SSSR count). The molecule has 4 heteroatoms. The second-order valence-corrected chi connectivity index (χ2v) is 6.60. The van der Waals surface area contributed by atoms with Gasteiger partial charge in [0.25, 0.3) is 0 Å². The van der Waals surface area contributed by atoms with Gasteiger partial charge in [0.05, 0.1) is 6.04 Å². The maximum atomic E-state index is 13.0. The van der Waals surface area contributed by atoms with E-state index in [4.69, 9.17) is 0 Å². The second kappa shape index (κ2) is 7.51. The third-order valence-corrected chi connectivity index (χ3v) is 4.96. The highest BCUT2D eigenvalue weighted by Crippen LogP contribution is 2.34. The number of carbonyl (C=O) groups is 2.